The second-order valence-electron chi connectivity index (χ2n) is 6.50. The summed E-state index contributed by atoms with van der Waals surface area (Å²) in [5, 5.41) is 6.55. The number of piperidine rings is 1. The van der Waals surface area contributed by atoms with Gasteiger partial charge in [0.05, 0.1) is 5.02 Å². The molecule has 0 saturated carbocycles. The number of benzene rings is 1. The van der Waals surface area contributed by atoms with Crippen molar-refractivity contribution in [2.24, 2.45) is 5.92 Å². The molecule has 2 rings (SSSR count). The second-order valence-corrected chi connectivity index (χ2v) is 6.91. The lowest BCUT2D eigenvalue weighted by Crippen LogP contribution is -2.28. The van der Waals surface area contributed by atoms with E-state index < -0.39 is 0 Å². The first kappa shape index (κ1) is 22.5. The van der Waals surface area contributed by atoms with Gasteiger partial charge in [-0.05, 0) is 56.5 Å². The van der Waals surface area contributed by atoms with Crippen molar-refractivity contribution in [3.8, 4) is 5.75 Å². The topological polar surface area (TPSA) is 70.7 Å². The number of halogens is 2. The Hall–Kier alpha value is -1.50. The van der Waals surface area contributed by atoms with Crippen LogP contribution in [0.5, 0.6) is 5.75 Å². The van der Waals surface area contributed by atoms with Crippen molar-refractivity contribution < 1.29 is 14.3 Å². The molecule has 2 amide bonds. The number of nitrogens with one attached hydrogen (secondary N) is 2. The Morgan fingerprint density at radius 2 is 2.00 bits per heavy atom. The van der Waals surface area contributed by atoms with E-state index in [0.717, 1.165) is 32.4 Å². The lowest BCUT2D eigenvalue weighted by Gasteiger charge is -2.22. The van der Waals surface area contributed by atoms with E-state index in [1.807, 2.05) is 0 Å². The van der Waals surface area contributed by atoms with Crippen LogP contribution >= 0.6 is 24.0 Å². The zero-order chi connectivity index (χ0) is 18.2. The van der Waals surface area contributed by atoms with Gasteiger partial charge < -0.3 is 20.3 Å². The Kier molecular flexibility index (Phi) is 9.76. The van der Waals surface area contributed by atoms with Crippen molar-refractivity contribution in [3.63, 3.8) is 0 Å². The van der Waals surface area contributed by atoms with Gasteiger partial charge >= 0.3 is 0 Å². The Bertz CT molecular complexity index is 605. The summed E-state index contributed by atoms with van der Waals surface area (Å²) < 4.78 is 5.40. The van der Waals surface area contributed by atoms with Gasteiger partial charge in [0.15, 0.2) is 6.61 Å². The maximum absolute atomic E-state index is 12.1. The van der Waals surface area contributed by atoms with Crippen LogP contribution < -0.4 is 15.4 Å². The molecule has 0 aliphatic carbocycles. The van der Waals surface area contributed by atoms with Crippen LogP contribution in [0.25, 0.3) is 0 Å². The third-order valence-corrected chi connectivity index (χ3v) is 4.60. The Balaban J connectivity index is 0.00000338. The molecule has 0 unspecified atom stereocenters. The zero-order valence-electron chi connectivity index (χ0n) is 15.2. The summed E-state index contributed by atoms with van der Waals surface area (Å²) in [5.41, 5.74) is 0.631. The van der Waals surface area contributed by atoms with Crippen LogP contribution in [0.1, 0.15) is 25.7 Å². The van der Waals surface area contributed by atoms with Crippen LogP contribution in [0.15, 0.2) is 18.2 Å². The minimum absolute atomic E-state index is 0. The number of hydrogen-bond donors (Lipinski definition) is 2. The van der Waals surface area contributed by atoms with Crippen LogP contribution in [0, 0.1) is 5.92 Å². The lowest BCUT2D eigenvalue weighted by molar-refractivity contribution is -0.130. The molecule has 1 heterocycles. The van der Waals surface area contributed by atoms with E-state index in [9.17, 15) is 9.59 Å². The van der Waals surface area contributed by atoms with Gasteiger partial charge in [0.25, 0.3) is 5.91 Å². The van der Waals surface area contributed by atoms with E-state index >= 15 is 0 Å². The van der Waals surface area contributed by atoms with Crippen molar-refractivity contribution in [1.82, 2.24) is 10.2 Å². The van der Waals surface area contributed by atoms with E-state index in [2.05, 4.69) is 10.6 Å². The molecule has 0 spiro atoms. The standard InChI is InChI=1S/C18H26ClN3O3.ClH/c1-22(2)18(24)12-25-16-5-4-14(11-15(16)19)21-17(23)6-3-13-7-9-20-10-8-13;/h4-5,11,13,20H,3,6-10,12H2,1-2H3,(H,21,23);1H. The SMILES string of the molecule is CN(C)C(=O)COc1ccc(NC(=O)CCC2CCNCC2)cc1Cl.Cl. The highest BCUT2D eigenvalue weighted by Crippen LogP contribution is 2.28. The molecule has 8 heteroatoms. The number of anilines is 1. The van der Waals surface area contributed by atoms with Gasteiger partial charge in [0.2, 0.25) is 5.91 Å². The highest BCUT2D eigenvalue weighted by molar-refractivity contribution is 6.32. The van der Waals surface area contributed by atoms with Crippen LogP contribution in [0.3, 0.4) is 0 Å². The van der Waals surface area contributed by atoms with Crippen molar-refractivity contribution in [1.29, 1.82) is 0 Å². The quantitative estimate of drug-likeness (QED) is 0.733. The summed E-state index contributed by atoms with van der Waals surface area (Å²) >= 11 is 6.17. The normalized spacial score (nSPS) is 14.3. The van der Waals surface area contributed by atoms with Gasteiger partial charge in [-0.1, -0.05) is 11.6 Å². The lowest BCUT2D eigenvalue weighted by atomic mass is 9.93. The van der Waals surface area contributed by atoms with Gasteiger partial charge in [-0.15, -0.1) is 12.4 Å². The van der Waals surface area contributed by atoms with Crippen LogP contribution in [-0.4, -0.2) is 50.5 Å². The fraction of sp³-hybridized carbons (Fsp3) is 0.556. The minimum Gasteiger partial charge on any atom is -0.482 e. The molecule has 1 aliphatic heterocycles. The van der Waals surface area contributed by atoms with E-state index in [-0.39, 0.29) is 30.8 Å². The highest BCUT2D eigenvalue weighted by Gasteiger charge is 2.15. The fourth-order valence-corrected chi connectivity index (χ4v) is 2.93. The average molecular weight is 404 g/mol. The molecule has 146 valence electrons. The van der Waals surface area contributed by atoms with E-state index in [1.54, 1.807) is 32.3 Å². The molecule has 1 aromatic rings. The second kappa shape index (κ2) is 11.3. The molecule has 2 N–H and O–H groups in total. The first-order valence-electron chi connectivity index (χ1n) is 8.59. The van der Waals surface area contributed by atoms with Gasteiger partial charge in [-0.2, -0.15) is 0 Å². The summed E-state index contributed by atoms with van der Waals surface area (Å²) in [6.45, 7) is 2.01. The Morgan fingerprint density at radius 1 is 1.31 bits per heavy atom. The Labute approximate surface area is 166 Å². The number of carbonyl (C=O) groups is 2. The largest absolute Gasteiger partial charge is 0.482 e. The van der Waals surface area contributed by atoms with Gasteiger partial charge in [-0.25, -0.2) is 0 Å². The minimum atomic E-state index is -0.147. The van der Waals surface area contributed by atoms with Gasteiger partial charge in [-0.3, -0.25) is 9.59 Å². The highest BCUT2D eigenvalue weighted by atomic mass is 35.5. The average Bonchev–Trinajstić information content (AvgIpc) is 2.60. The van der Waals surface area contributed by atoms with Crippen molar-refractivity contribution in [2.75, 3.05) is 39.1 Å². The predicted molar refractivity (Wildman–Crippen MR) is 106 cm³/mol. The molecular formula is C18H27Cl2N3O3. The molecule has 1 fully saturated rings. The number of nitrogens with zero attached hydrogens (tertiary/aromatic N) is 1. The number of carbonyl (C=O) groups excluding carboxylic acids is 2. The number of ether oxygens (including phenoxy) is 1. The molecule has 1 saturated heterocycles. The van der Waals surface area contributed by atoms with Crippen LogP contribution in [-0.2, 0) is 9.59 Å². The maximum atomic E-state index is 12.1. The van der Waals surface area contributed by atoms with Crippen LogP contribution in [0.2, 0.25) is 5.02 Å². The molecule has 6 nitrogen and oxygen atoms in total. The Morgan fingerprint density at radius 3 is 2.62 bits per heavy atom. The number of likely N-dealkylation sites (N-methyl/N-ethyl adjacent to an activating group) is 1. The molecule has 0 aromatic heterocycles. The molecule has 0 radical (unpaired) electrons. The predicted octanol–water partition coefficient (Wildman–Crippen LogP) is 2.95. The molecule has 1 aliphatic rings. The number of amides is 2. The first-order valence-corrected chi connectivity index (χ1v) is 8.96. The smallest absolute Gasteiger partial charge is 0.259 e. The third kappa shape index (κ3) is 7.40. The molecular weight excluding hydrogens is 377 g/mol. The van der Waals surface area contributed by atoms with Gasteiger partial charge in [0.1, 0.15) is 5.75 Å². The molecule has 1 aromatic carbocycles. The third-order valence-electron chi connectivity index (χ3n) is 4.30. The summed E-state index contributed by atoms with van der Waals surface area (Å²) in [6, 6.07) is 5.02. The van der Waals surface area contributed by atoms with Crippen molar-refractivity contribution in [3.05, 3.63) is 23.2 Å². The van der Waals surface area contributed by atoms with E-state index in [4.69, 9.17) is 16.3 Å². The summed E-state index contributed by atoms with van der Waals surface area (Å²) in [4.78, 5) is 25.1. The van der Waals surface area contributed by atoms with Crippen LogP contribution in [0.4, 0.5) is 5.69 Å². The van der Waals surface area contributed by atoms with E-state index in [0.29, 0.717) is 28.8 Å². The van der Waals surface area contributed by atoms with Crippen molar-refractivity contribution in [2.45, 2.75) is 25.7 Å². The number of rotatable bonds is 7. The number of hydrogen-bond acceptors (Lipinski definition) is 4. The van der Waals surface area contributed by atoms with Crippen molar-refractivity contribution >= 4 is 41.5 Å². The summed E-state index contributed by atoms with van der Waals surface area (Å²) in [5.74, 6) is 0.891. The van der Waals surface area contributed by atoms with E-state index in [1.165, 1.54) is 4.90 Å². The zero-order valence-corrected chi connectivity index (χ0v) is 16.8. The summed E-state index contributed by atoms with van der Waals surface area (Å²) in [7, 11) is 3.32. The molecule has 0 atom stereocenters. The van der Waals surface area contributed by atoms with Gasteiger partial charge in [0, 0.05) is 26.2 Å². The first-order chi connectivity index (χ1) is 12.0. The maximum Gasteiger partial charge on any atom is 0.259 e. The summed E-state index contributed by atoms with van der Waals surface area (Å²) in [6.07, 6.45) is 3.70. The molecule has 0 bridgehead atoms. The molecule has 26 heavy (non-hydrogen) atoms. The fourth-order valence-electron chi connectivity index (χ4n) is 2.69. The monoisotopic (exact) mass is 403 g/mol.